The number of methoxy groups -OCH3 is 2. The van der Waals surface area contributed by atoms with Crippen LogP contribution in [0.4, 0.5) is 0 Å². The molecule has 1 atom stereocenters. The van der Waals surface area contributed by atoms with E-state index in [-0.39, 0.29) is 18.6 Å². The molecule has 2 aromatic carbocycles. The van der Waals surface area contributed by atoms with Gasteiger partial charge in [-0.15, -0.1) is 0 Å². The molecule has 0 saturated heterocycles. The van der Waals surface area contributed by atoms with Gasteiger partial charge < -0.3 is 14.6 Å². The molecule has 0 unspecified atom stereocenters. The number of Topliss-reactive ketones (excluding diaryl/α,β-unsaturated/α-hetero) is 2. The molecule has 2 aromatic rings. The van der Waals surface area contributed by atoms with Crippen molar-refractivity contribution in [3.8, 4) is 11.5 Å². The summed E-state index contributed by atoms with van der Waals surface area (Å²) in [6, 6.07) is 13.6. The van der Waals surface area contributed by atoms with Gasteiger partial charge in [-0.05, 0) is 37.6 Å². The largest absolute Gasteiger partial charge is 0.496 e. The Morgan fingerprint density at radius 1 is 0.920 bits per heavy atom. The van der Waals surface area contributed by atoms with Gasteiger partial charge in [-0.25, -0.2) is 0 Å². The van der Waals surface area contributed by atoms with Crippen LogP contribution in [0.2, 0.25) is 0 Å². The number of hydrogen-bond donors (Lipinski definition) is 1. The molecule has 0 saturated carbocycles. The number of aliphatic hydroxyl groups is 1. The third-order valence-electron chi connectivity index (χ3n) is 4.09. The summed E-state index contributed by atoms with van der Waals surface area (Å²) >= 11 is 0. The van der Waals surface area contributed by atoms with Crippen molar-refractivity contribution in [3.63, 3.8) is 0 Å². The Balaban J connectivity index is 2.13. The van der Waals surface area contributed by atoms with E-state index in [1.165, 1.54) is 21.1 Å². The van der Waals surface area contributed by atoms with E-state index in [1.807, 2.05) is 0 Å². The molecule has 0 spiro atoms. The molecule has 0 radical (unpaired) electrons. The molecular formula is C20H22O5. The average molecular weight is 342 g/mol. The van der Waals surface area contributed by atoms with Crippen molar-refractivity contribution in [3.05, 3.63) is 59.7 Å². The van der Waals surface area contributed by atoms with Crippen molar-refractivity contribution in [1.29, 1.82) is 0 Å². The van der Waals surface area contributed by atoms with Crippen LogP contribution in [0.25, 0.3) is 0 Å². The third-order valence-corrected chi connectivity index (χ3v) is 4.09. The summed E-state index contributed by atoms with van der Waals surface area (Å²) in [5.41, 5.74) is -0.947. The van der Waals surface area contributed by atoms with Gasteiger partial charge >= 0.3 is 0 Å². The maximum atomic E-state index is 12.7. The van der Waals surface area contributed by atoms with E-state index in [4.69, 9.17) is 9.47 Å². The van der Waals surface area contributed by atoms with Crippen LogP contribution in [0.3, 0.4) is 0 Å². The zero-order valence-electron chi connectivity index (χ0n) is 14.6. The highest BCUT2D eigenvalue weighted by Gasteiger charge is 2.33. The summed E-state index contributed by atoms with van der Waals surface area (Å²) in [7, 11) is 2.96. The number of carbonyl (C=O) groups is 2. The van der Waals surface area contributed by atoms with Gasteiger partial charge in [-0.3, -0.25) is 9.59 Å². The summed E-state index contributed by atoms with van der Waals surface area (Å²) < 4.78 is 10.4. The molecule has 2 rings (SSSR count). The molecule has 132 valence electrons. The molecule has 0 aliphatic heterocycles. The summed E-state index contributed by atoms with van der Waals surface area (Å²) in [6.45, 7) is 1.41. The van der Waals surface area contributed by atoms with Crippen LogP contribution in [0.1, 0.15) is 40.5 Å². The van der Waals surface area contributed by atoms with Gasteiger partial charge in [-0.2, -0.15) is 0 Å². The molecule has 0 amide bonds. The van der Waals surface area contributed by atoms with Gasteiger partial charge in [-0.1, -0.05) is 24.3 Å². The molecule has 0 aliphatic rings. The second kappa shape index (κ2) is 7.94. The fourth-order valence-electron chi connectivity index (χ4n) is 2.60. The molecule has 0 aromatic heterocycles. The molecule has 0 heterocycles. The molecule has 25 heavy (non-hydrogen) atoms. The molecule has 1 N–H and O–H groups in total. The van der Waals surface area contributed by atoms with Gasteiger partial charge in [0.15, 0.2) is 11.6 Å². The van der Waals surface area contributed by atoms with Crippen LogP contribution in [-0.4, -0.2) is 36.5 Å². The maximum Gasteiger partial charge on any atom is 0.197 e. The lowest BCUT2D eigenvalue weighted by Crippen LogP contribution is -2.36. The van der Waals surface area contributed by atoms with Crippen LogP contribution < -0.4 is 9.47 Å². The number of ether oxygens (including phenoxy) is 2. The van der Waals surface area contributed by atoms with Crippen molar-refractivity contribution in [2.45, 2.75) is 25.4 Å². The predicted molar refractivity (Wildman–Crippen MR) is 94.5 cm³/mol. The standard InChI is InChI=1S/C20H22O5/c1-20(23,19(22)15-9-5-7-11-18(15)25-3)13-12-16(21)14-8-4-6-10-17(14)24-2/h4-11,23H,12-13H2,1-3H3/t20-/m1/s1. The normalized spacial score (nSPS) is 13.0. The van der Waals surface area contributed by atoms with Gasteiger partial charge in [0.2, 0.25) is 0 Å². The highest BCUT2D eigenvalue weighted by molar-refractivity contribution is 6.05. The van der Waals surface area contributed by atoms with E-state index in [9.17, 15) is 14.7 Å². The van der Waals surface area contributed by atoms with Crippen molar-refractivity contribution < 1.29 is 24.2 Å². The predicted octanol–water partition coefficient (Wildman–Crippen LogP) is 3.30. The van der Waals surface area contributed by atoms with Crippen molar-refractivity contribution in [2.75, 3.05) is 14.2 Å². The number of hydrogen-bond acceptors (Lipinski definition) is 5. The smallest absolute Gasteiger partial charge is 0.197 e. The average Bonchev–Trinajstić information content (AvgIpc) is 2.65. The number of benzene rings is 2. The number of rotatable bonds is 8. The summed E-state index contributed by atoms with van der Waals surface area (Å²) in [5, 5.41) is 10.6. The van der Waals surface area contributed by atoms with Gasteiger partial charge in [0, 0.05) is 6.42 Å². The lowest BCUT2D eigenvalue weighted by atomic mass is 9.88. The van der Waals surface area contributed by atoms with Crippen LogP contribution in [-0.2, 0) is 0 Å². The minimum atomic E-state index is -1.67. The Hall–Kier alpha value is -2.66. The molecule has 0 aliphatic carbocycles. The minimum absolute atomic E-state index is 0.000758. The Morgan fingerprint density at radius 2 is 1.40 bits per heavy atom. The van der Waals surface area contributed by atoms with E-state index in [0.717, 1.165) is 0 Å². The molecule has 0 fully saturated rings. The Kier molecular flexibility index (Phi) is 5.93. The highest BCUT2D eigenvalue weighted by atomic mass is 16.5. The van der Waals surface area contributed by atoms with Crippen molar-refractivity contribution in [1.82, 2.24) is 0 Å². The van der Waals surface area contributed by atoms with Crippen LogP contribution in [0.5, 0.6) is 11.5 Å². The fraction of sp³-hybridized carbons (Fsp3) is 0.300. The third kappa shape index (κ3) is 4.25. The number of carbonyl (C=O) groups excluding carboxylic acids is 2. The first-order valence-electron chi connectivity index (χ1n) is 7.97. The quantitative estimate of drug-likeness (QED) is 0.745. The fourth-order valence-corrected chi connectivity index (χ4v) is 2.60. The van der Waals surface area contributed by atoms with E-state index in [2.05, 4.69) is 0 Å². The first kappa shape index (κ1) is 18.7. The lowest BCUT2D eigenvalue weighted by molar-refractivity contribution is 0.0353. The van der Waals surface area contributed by atoms with Gasteiger partial charge in [0.25, 0.3) is 0 Å². The number of para-hydroxylation sites is 2. The Morgan fingerprint density at radius 3 is 1.96 bits per heavy atom. The minimum Gasteiger partial charge on any atom is -0.496 e. The zero-order valence-corrected chi connectivity index (χ0v) is 14.6. The van der Waals surface area contributed by atoms with Crippen LogP contribution in [0, 0.1) is 0 Å². The van der Waals surface area contributed by atoms with E-state index in [0.29, 0.717) is 22.6 Å². The van der Waals surface area contributed by atoms with Gasteiger partial charge in [0.05, 0.1) is 25.3 Å². The van der Waals surface area contributed by atoms with Crippen LogP contribution >= 0.6 is 0 Å². The molecule has 5 heteroatoms. The summed E-state index contributed by atoms with van der Waals surface area (Å²) in [5.74, 6) is 0.204. The maximum absolute atomic E-state index is 12.7. The second-order valence-electron chi connectivity index (χ2n) is 5.93. The van der Waals surface area contributed by atoms with Crippen molar-refractivity contribution in [2.24, 2.45) is 0 Å². The Bertz CT molecular complexity index is 764. The first-order chi connectivity index (χ1) is 11.9. The lowest BCUT2D eigenvalue weighted by Gasteiger charge is -2.22. The Labute approximate surface area is 147 Å². The van der Waals surface area contributed by atoms with E-state index < -0.39 is 11.4 Å². The van der Waals surface area contributed by atoms with Crippen LogP contribution in [0.15, 0.2) is 48.5 Å². The topological polar surface area (TPSA) is 72.8 Å². The van der Waals surface area contributed by atoms with Crippen molar-refractivity contribution >= 4 is 11.6 Å². The SMILES string of the molecule is COc1ccccc1C(=O)CC[C@@](C)(O)C(=O)c1ccccc1OC. The molecule has 5 nitrogen and oxygen atoms in total. The summed E-state index contributed by atoms with van der Waals surface area (Å²) in [6.07, 6.45) is 0.0228. The summed E-state index contributed by atoms with van der Waals surface area (Å²) in [4.78, 5) is 25.1. The van der Waals surface area contributed by atoms with Gasteiger partial charge in [0.1, 0.15) is 17.1 Å². The first-order valence-corrected chi connectivity index (χ1v) is 7.97. The van der Waals surface area contributed by atoms with E-state index >= 15 is 0 Å². The van der Waals surface area contributed by atoms with E-state index in [1.54, 1.807) is 48.5 Å². The molecule has 0 bridgehead atoms. The zero-order chi connectivity index (χ0) is 18.4. The second-order valence-corrected chi connectivity index (χ2v) is 5.93. The highest BCUT2D eigenvalue weighted by Crippen LogP contribution is 2.27. The number of ketones is 2. The molecular weight excluding hydrogens is 320 g/mol. The monoisotopic (exact) mass is 342 g/mol.